The Morgan fingerprint density at radius 1 is 1.38 bits per heavy atom. The standard InChI is InChI=1S/C13H19BrFN/c1-3-10(9-16-4-2)7-11-8-12(14)5-6-13(11)15/h5-6,8,10,16H,3-4,7,9H2,1-2H3. The van der Waals surface area contributed by atoms with Gasteiger partial charge in [-0.25, -0.2) is 4.39 Å². The minimum atomic E-state index is -0.0989. The lowest BCUT2D eigenvalue weighted by molar-refractivity contribution is 0.457. The third-order valence-electron chi connectivity index (χ3n) is 2.78. The maximum absolute atomic E-state index is 13.5. The second-order valence-corrected chi connectivity index (χ2v) is 4.94. The molecule has 16 heavy (non-hydrogen) atoms. The molecule has 0 saturated carbocycles. The van der Waals surface area contributed by atoms with Gasteiger partial charge in [-0.2, -0.15) is 0 Å². The Balaban J connectivity index is 2.65. The normalized spacial score (nSPS) is 12.8. The molecule has 90 valence electrons. The summed E-state index contributed by atoms with van der Waals surface area (Å²) in [7, 11) is 0. The Labute approximate surface area is 106 Å². The second kappa shape index (κ2) is 7.02. The molecular formula is C13H19BrFN. The first kappa shape index (κ1) is 13.7. The molecule has 0 saturated heterocycles. The van der Waals surface area contributed by atoms with E-state index in [0.717, 1.165) is 36.0 Å². The van der Waals surface area contributed by atoms with Crippen molar-refractivity contribution in [2.75, 3.05) is 13.1 Å². The Morgan fingerprint density at radius 3 is 2.75 bits per heavy atom. The molecule has 0 aliphatic heterocycles. The first-order valence-corrected chi connectivity index (χ1v) is 6.61. The van der Waals surface area contributed by atoms with E-state index in [1.165, 1.54) is 6.07 Å². The smallest absolute Gasteiger partial charge is 0.126 e. The van der Waals surface area contributed by atoms with E-state index in [0.29, 0.717) is 5.92 Å². The maximum Gasteiger partial charge on any atom is 0.126 e. The van der Waals surface area contributed by atoms with Crippen LogP contribution in [0.15, 0.2) is 22.7 Å². The van der Waals surface area contributed by atoms with E-state index in [1.807, 2.05) is 6.07 Å². The molecule has 1 rings (SSSR count). The van der Waals surface area contributed by atoms with Crippen LogP contribution in [-0.4, -0.2) is 13.1 Å². The third kappa shape index (κ3) is 4.22. The van der Waals surface area contributed by atoms with E-state index in [-0.39, 0.29) is 5.82 Å². The van der Waals surface area contributed by atoms with Crippen molar-refractivity contribution in [3.63, 3.8) is 0 Å². The highest BCUT2D eigenvalue weighted by atomic mass is 79.9. The molecular weight excluding hydrogens is 269 g/mol. The van der Waals surface area contributed by atoms with Gasteiger partial charge in [0.1, 0.15) is 5.82 Å². The maximum atomic E-state index is 13.5. The summed E-state index contributed by atoms with van der Waals surface area (Å²) in [4.78, 5) is 0. The monoisotopic (exact) mass is 287 g/mol. The Bertz CT molecular complexity index is 328. The van der Waals surface area contributed by atoms with Crippen LogP contribution in [0.4, 0.5) is 4.39 Å². The van der Waals surface area contributed by atoms with Gasteiger partial charge in [-0.05, 0) is 49.2 Å². The number of hydrogen-bond acceptors (Lipinski definition) is 1. The molecule has 0 bridgehead atoms. The van der Waals surface area contributed by atoms with Gasteiger partial charge in [-0.3, -0.25) is 0 Å². The number of halogens is 2. The van der Waals surface area contributed by atoms with Crippen LogP contribution in [0.2, 0.25) is 0 Å². The molecule has 1 nitrogen and oxygen atoms in total. The molecule has 1 aromatic carbocycles. The molecule has 0 fully saturated rings. The van der Waals surface area contributed by atoms with Crippen LogP contribution in [0.3, 0.4) is 0 Å². The zero-order valence-electron chi connectivity index (χ0n) is 9.89. The number of nitrogens with one attached hydrogen (secondary N) is 1. The Hall–Kier alpha value is -0.410. The van der Waals surface area contributed by atoms with Crippen molar-refractivity contribution in [1.29, 1.82) is 0 Å². The minimum Gasteiger partial charge on any atom is -0.317 e. The van der Waals surface area contributed by atoms with Crippen molar-refractivity contribution in [2.24, 2.45) is 5.92 Å². The van der Waals surface area contributed by atoms with Crippen LogP contribution >= 0.6 is 15.9 Å². The molecule has 0 aromatic heterocycles. The van der Waals surface area contributed by atoms with E-state index in [9.17, 15) is 4.39 Å². The van der Waals surface area contributed by atoms with Gasteiger partial charge in [0.2, 0.25) is 0 Å². The number of rotatable bonds is 6. The lowest BCUT2D eigenvalue weighted by Gasteiger charge is -2.15. The molecule has 1 N–H and O–H groups in total. The van der Waals surface area contributed by atoms with Crippen molar-refractivity contribution in [2.45, 2.75) is 26.7 Å². The highest BCUT2D eigenvalue weighted by Gasteiger charge is 2.10. The largest absolute Gasteiger partial charge is 0.317 e. The lowest BCUT2D eigenvalue weighted by atomic mass is 9.96. The van der Waals surface area contributed by atoms with Crippen molar-refractivity contribution in [3.8, 4) is 0 Å². The SMILES string of the molecule is CCNCC(CC)Cc1cc(Br)ccc1F. The Morgan fingerprint density at radius 2 is 2.12 bits per heavy atom. The molecule has 0 aliphatic rings. The third-order valence-corrected chi connectivity index (χ3v) is 3.27. The molecule has 1 unspecified atom stereocenters. The van der Waals surface area contributed by atoms with Crippen molar-refractivity contribution < 1.29 is 4.39 Å². The van der Waals surface area contributed by atoms with Crippen molar-refractivity contribution in [3.05, 3.63) is 34.1 Å². The summed E-state index contributed by atoms with van der Waals surface area (Å²) in [5, 5.41) is 3.32. The average molecular weight is 288 g/mol. The number of hydrogen-bond donors (Lipinski definition) is 1. The molecule has 1 atom stereocenters. The molecule has 1 aromatic rings. The van der Waals surface area contributed by atoms with Gasteiger partial charge in [0.25, 0.3) is 0 Å². The van der Waals surface area contributed by atoms with Gasteiger partial charge >= 0.3 is 0 Å². The fourth-order valence-electron chi connectivity index (χ4n) is 1.72. The van der Waals surface area contributed by atoms with Crippen LogP contribution in [0.5, 0.6) is 0 Å². The summed E-state index contributed by atoms with van der Waals surface area (Å²) in [6.45, 7) is 6.17. The van der Waals surface area contributed by atoms with Gasteiger partial charge in [0.15, 0.2) is 0 Å². The van der Waals surface area contributed by atoms with E-state index >= 15 is 0 Å². The summed E-state index contributed by atoms with van der Waals surface area (Å²) < 4.78 is 14.5. The quantitative estimate of drug-likeness (QED) is 0.840. The van der Waals surface area contributed by atoms with Crippen LogP contribution in [0.25, 0.3) is 0 Å². The molecule has 0 amide bonds. The predicted molar refractivity (Wildman–Crippen MR) is 70.1 cm³/mol. The highest BCUT2D eigenvalue weighted by molar-refractivity contribution is 9.10. The summed E-state index contributed by atoms with van der Waals surface area (Å²) in [6, 6.07) is 5.15. The van der Waals surface area contributed by atoms with Gasteiger partial charge in [0.05, 0.1) is 0 Å². The summed E-state index contributed by atoms with van der Waals surface area (Å²) in [5.41, 5.74) is 0.805. The molecule has 0 aliphatic carbocycles. The fraction of sp³-hybridized carbons (Fsp3) is 0.538. The average Bonchev–Trinajstić information content (AvgIpc) is 2.28. The summed E-state index contributed by atoms with van der Waals surface area (Å²) >= 11 is 3.38. The minimum absolute atomic E-state index is 0.0989. The molecule has 3 heteroatoms. The van der Waals surface area contributed by atoms with Gasteiger partial charge in [-0.1, -0.05) is 36.2 Å². The van der Waals surface area contributed by atoms with Gasteiger partial charge in [0, 0.05) is 4.47 Å². The first-order chi connectivity index (χ1) is 7.67. The Kier molecular flexibility index (Phi) is 5.99. The first-order valence-electron chi connectivity index (χ1n) is 5.82. The van der Waals surface area contributed by atoms with E-state index in [1.54, 1.807) is 6.07 Å². The molecule has 0 heterocycles. The highest BCUT2D eigenvalue weighted by Crippen LogP contribution is 2.19. The zero-order chi connectivity index (χ0) is 12.0. The predicted octanol–water partition coefficient (Wildman–Crippen LogP) is 3.77. The van der Waals surface area contributed by atoms with Gasteiger partial charge in [-0.15, -0.1) is 0 Å². The zero-order valence-corrected chi connectivity index (χ0v) is 11.5. The summed E-state index contributed by atoms with van der Waals surface area (Å²) in [5.74, 6) is 0.405. The van der Waals surface area contributed by atoms with Crippen molar-refractivity contribution >= 4 is 15.9 Å². The fourth-order valence-corrected chi connectivity index (χ4v) is 2.13. The van der Waals surface area contributed by atoms with E-state index < -0.39 is 0 Å². The topological polar surface area (TPSA) is 12.0 Å². The van der Waals surface area contributed by atoms with Crippen LogP contribution < -0.4 is 5.32 Å². The van der Waals surface area contributed by atoms with Crippen molar-refractivity contribution in [1.82, 2.24) is 5.32 Å². The van der Waals surface area contributed by atoms with Crippen LogP contribution in [0, 0.1) is 11.7 Å². The van der Waals surface area contributed by atoms with Crippen LogP contribution in [0.1, 0.15) is 25.8 Å². The lowest BCUT2D eigenvalue weighted by Crippen LogP contribution is -2.23. The second-order valence-electron chi connectivity index (χ2n) is 4.02. The molecule has 0 radical (unpaired) electrons. The van der Waals surface area contributed by atoms with Gasteiger partial charge < -0.3 is 5.32 Å². The number of benzene rings is 1. The van der Waals surface area contributed by atoms with E-state index in [4.69, 9.17) is 0 Å². The van der Waals surface area contributed by atoms with E-state index in [2.05, 4.69) is 35.1 Å². The molecule has 0 spiro atoms. The summed E-state index contributed by atoms with van der Waals surface area (Å²) in [6.07, 6.45) is 1.87. The van der Waals surface area contributed by atoms with Crippen LogP contribution in [-0.2, 0) is 6.42 Å².